The van der Waals surface area contributed by atoms with Crippen LogP contribution in [0.25, 0.3) is 11.1 Å². The van der Waals surface area contributed by atoms with Gasteiger partial charge < -0.3 is 24.3 Å². The van der Waals surface area contributed by atoms with Crippen molar-refractivity contribution in [2.24, 2.45) is 0 Å². The van der Waals surface area contributed by atoms with Gasteiger partial charge in [-0.3, -0.25) is 4.79 Å². The summed E-state index contributed by atoms with van der Waals surface area (Å²) in [7, 11) is 0. The Hall–Kier alpha value is -4.01. The first-order valence-corrected chi connectivity index (χ1v) is 12.2. The lowest BCUT2D eigenvalue weighted by molar-refractivity contribution is -0.139. The molecule has 0 unspecified atom stereocenters. The lowest BCUT2D eigenvalue weighted by atomic mass is 9.98. The smallest absolute Gasteiger partial charge is 0.407 e. The Kier molecular flexibility index (Phi) is 9.40. The third kappa shape index (κ3) is 7.03. The van der Waals surface area contributed by atoms with Crippen LogP contribution in [-0.4, -0.2) is 64.0 Å². The quantitative estimate of drug-likeness (QED) is 0.163. The topological polar surface area (TPSA) is 100 Å². The fourth-order valence-corrected chi connectivity index (χ4v) is 4.16. The van der Waals surface area contributed by atoms with E-state index in [1.165, 1.54) is 11.1 Å². The summed E-state index contributed by atoms with van der Waals surface area (Å²) >= 11 is 0. The summed E-state index contributed by atoms with van der Waals surface area (Å²) < 4.78 is 21.1. The number of nitrogens with one attached hydrogen (secondary N) is 1. The van der Waals surface area contributed by atoms with E-state index >= 15 is 0 Å². The molecule has 37 heavy (non-hydrogen) atoms. The number of ether oxygens (including phenoxy) is 4. The molecule has 1 aliphatic rings. The second-order valence-corrected chi connectivity index (χ2v) is 8.31. The molecule has 0 saturated heterocycles. The molecule has 0 fully saturated rings. The van der Waals surface area contributed by atoms with Gasteiger partial charge in [-0.25, -0.2) is 9.59 Å². The fraction of sp³-hybridized carbons (Fsp3) is 0.276. The second kappa shape index (κ2) is 13.3. The van der Waals surface area contributed by atoms with Crippen LogP contribution in [0.2, 0.25) is 0 Å². The SMILES string of the molecule is O=C(NCCOCCOCCOC(=O)C(=O)c1ccccc1)OCC1c2ccccc2-c2ccccc21. The number of alkyl carbamates (subject to hydrolysis) is 1. The molecule has 8 nitrogen and oxygen atoms in total. The van der Waals surface area contributed by atoms with Crippen LogP contribution in [0.5, 0.6) is 0 Å². The van der Waals surface area contributed by atoms with Crippen molar-refractivity contribution in [1.82, 2.24) is 5.32 Å². The van der Waals surface area contributed by atoms with E-state index in [-0.39, 0.29) is 37.9 Å². The molecule has 0 bridgehead atoms. The Morgan fingerprint density at radius 2 is 1.22 bits per heavy atom. The van der Waals surface area contributed by atoms with E-state index in [1.807, 2.05) is 24.3 Å². The van der Waals surface area contributed by atoms with Crippen LogP contribution >= 0.6 is 0 Å². The number of carbonyl (C=O) groups excluding carboxylic acids is 3. The Morgan fingerprint density at radius 1 is 0.649 bits per heavy atom. The van der Waals surface area contributed by atoms with Gasteiger partial charge in [0.1, 0.15) is 13.2 Å². The van der Waals surface area contributed by atoms with Crippen LogP contribution in [0.4, 0.5) is 4.79 Å². The van der Waals surface area contributed by atoms with E-state index in [4.69, 9.17) is 18.9 Å². The molecule has 3 aromatic rings. The highest BCUT2D eigenvalue weighted by Gasteiger charge is 2.28. The maximum atomic E-state index is 12.1. The molecule has 0 radical (unpaired) electrons. The Labute approximate surface area is 215 Å². The summed E-state index contributed by atoms with van der Waals surface area (Å²) in [6.45, 7) is 1.58. The highest BCUT2D eigenvalue weighted by molar-refractivity contribution is 6.40. The van der Waals surface area contributed by atoms with Gasteiger partial charge in [0.2, 0.25) is 0 Å². The molecule has 1 N–H and O–H groups in total. The minimum Gasteiger partial charge on any atom is -0.457 e. The predicted molar refractivity (Wildman–Crippen MR) is 136 cm³/mol. The monoisotopic (exact) mass is 503 g/mol. The number of benzene rings is 3. The standard InChI is InChI=1S/C29H29NO7/c31-27(21-8-2-1-3-9-21)28(32)36-19-18-35-17-16-34-15-14-30-29(33)37-20-26-24-12-6-4-10-22(24)23-11-5-7-13-25(23)26/h1-13,26H,14-20H2,(H,30,33). The summed E-state index contributed by atoms with van der Waals surface area (Å²) in [5.74, 6) is -1.58. The molecule has 192 valence electrons. The maximum Gasteiger partial charge on any atom is 0.407 e. The van der Waals surface area contributed by atoms with Gasteiger partial charge in [-0.2, -0.15) is 0 Å². The van der Waals surface area contributed by atoms with Crippen molar-refractivity contribution in [1.29, 1.82) is 0 Å². The normalized spacial score (nSPS) is 11.9. The number of esters is 1. The third-order valence-electron chi connectivity index (χ3n) is 5.91. The summed E-state index contributed by atoms with van der Waals surface area (Å²) in [5, 5.41) is 2.69. The molecular weight excluding hydrogens is 474 g/mol. The van der Waals surface area contributed by atoms with Crippen LogP contribution < -0.4 is 5.32 Å². The largest absolute Gasteiger partial charge is 0.457 e. The van der Waals surface area contributed by atoms with E-state index in [1.54, 1.807) is 30.3 Å². The number of hydrogen-bond acceptors (Lipinski definition) is 7. The minimum absolute atomic E-state index is 0.0160. The Balaban J connectivity index is 1.03. The summed E-state index contributed by atoms with van der Waals surface area (Å²) in [4.78, 5) is 35.8. The summed E-state index contributed by atoms with van der Waals surface area (Å²) in [6.07, 6.45) is -0.492. The Bertz CT molecular complexity index is 1170. The van der Waals surface area contributed by atoms with Crippen molar-refractivity contribution >= 4 is 17.8 Å². The van der Waals surface area contributed by atoms with Crippen molar-refractivity contribution in [3.63, 3.8) is 0 Å². The molecular formula is C29H29NO7. The maximum absolute atomic E-state index is 12.1. The van der Waals surface area contributed by atoms with Gasteiger partial charge in [-0.05, 0) is 22.3 Å². The molecule has 1 aliphatic carbocycles. The van der Waals surface area contributed by atoms with E-state index in [0.29, 0.717) is 19.8 Å². The molecule has 1 amide bonds. The van der Waals surface area contributed by atoms with Gasteiger partial charge in [0, 0.05) is 18.0 Å². The number of rotatable bonds is 13. The van der Waals surface area contributed by atoms with Crippen molar-refractivity contribution in [2.45, 2.75) is 5.92 Å². The van der Waals surface area contributed by atoms with Crippen LogP contribution in [0.1, 0.15) is 27.4 Å². The third-order valence-corrected chi connectivity index (χ3v) is 5.91. The number of hydrogen-bond donors (Lipinski definition) is 1. The number of ketones is 1. The molecule has 0 aliphatic heterocycles. The number of Topliss-reactive ketones (excluding diaryl/α,β-unsaturated/α-hetero) is 1. The van der Waals surface area contributed by atoms with E-state index in [0.717, 1.165) is 11.1 Å². The van der Waals surface area contributed by atoms with Gasteiger partial charge >= 0.3 is 12.1 Å². The zero-order chi connectivity index (χ0) is 25.9. The zero-order valence-electron chi connectivity index (χ0n) is 20.4. The Morgan fingerprint density at radius 3 is 1.89 bits per heavy atom. The molecule has 3 aromatic carbocycles. The zero-order valence-corrected chi connectivity index (χ0v) is 20.4. The number of fused-ring (bicyclic) bond motifs is 3. The fourth-order valence-electron chi connectivity index (χ4n) is 4.16. The van der Waals surface area contributed by atoms with Gasteiger partial charge in [0.25, 0.3) is 5.78 Å². The molecule has 0 aromatic heterocycles. The summed E-state index contributed by atoms with van der Waals surface area (Å²) in [5.41, 5.74) is 4.98. The molecule has 0 heterocycles. The lowest BCUT2D eigenvalue weighted by Gasteiger charge is -2.14. The average molecular weight is 504 g/mol. The minimum atomic E-state index is -0.912. The van der Waals surface area contributed by atoms with Crippen LogP contribution in [0.3, 0.4) is 0 Å². The van der Waals surface area contributed by atoms with Gasteiger partial charge in [0.15, 0.2) is 0 Å². The first-order valence-electron chi connectivity index (χ1n) is 12.2. The number of carbonyl (C=O) groups is 3. The molecule has 0 spiro atoms. The first kappa shape index (κ1) is 26.1. The van der Waals surface area contributed by atoms with Crippen molar-refractivity contribution < 1.29 is 33.3 Å². The van der Waals surface area contributed by atoms with Crippen molar-refractivity contribution in [3.8, 4) is 11.1 Å². The first-order chi connectivity index (χ1) is 18.1. The van der Waals surface area contributed by atoms with Gasteiger partial charge in [0.05, 0.1) is 26.4 Å². The van der Waals surface area contributed by atoms with E-state index < -0.39 is 17.8 Å². The van der Waals surface area contributed by atoms with E-state index in [9.17, 15) is 14.4 Å². The van der Waals surface area contributed by atoms with Gasteiger partial charge in [-0.1, -0.05) is 78.9 Å². The average Bonchev–Trinajstić information content (AvgIpc) is 3.26. The second-order valence-electron chi connectivity index (χ2n) is 8.31. The van der Waals surface area contributed by atoms with Crippen LogP contribution in [-0.2, 0) is 23.7 Å². The lowest BCUT2D eigenvalue weighted by Crippen LogP contribution is -2.29. The predicted octanol–water partition coefficient (Wildman–Crippen LogP) is 3.98. The molecule has 4 rings (SSSR count). The van der Waals surface area contributed by atoms with Crippen molar-refractivity contribution in [3.05, 3.63) is 95.6 Å². The highest BCUT2D eigenvalue weighted by atomic mass is 16.6. The molecule has 8 heteroatoms. The highest BCUT2D eigenvalue weighted by Crippen LogP contribution is 2.44. The van der Waals surface area contributed by atoms with Crippen LogP contribution in [0, 0.1) is 0 Å². The summed E-state index contributed by atoms with van der Waals surface area (Å²) in [6, 6.07) is 24.6. The van der Waals surface area contributed by atoms with Crippen molar-refractivity contribution in [2.75, 3.05) is 46.2 Å². The van der Waals surface area contributed by atoms with Crippen LogP contribution in [0.15, 0.2) is 78.9 Å². The molecule has 0 atom stereocenters. The van der Waals surface area contributed by atoms with E-state index in [2.05, 4.69) is 29.6 Å². The van der Waals surface area contributed by atoms with Gasteiger partial charge in [-0.15, -0.1) is 0 Å². The number of amides is 1. The molecule has 0 saturated carbocycles.